The van der Waals surface area contributed by atoms with Crippen molar-refractivity contribution in [3.63, 3.8) is 0 Å². The Hall–Kier alpha value is 0.800. The molecule has 6 nitrogen and oxygen atoms in total. The van der Waals surface area contributed by atoms with Gasteiger partial charge in [0.2, 0.25) is 0 Å². The summed E-state index contributed by atoms with van der Waals surface area (Å²) in [6.07, 6.45) is 1.24. The van der Waals surface area contributed by atoms with Gasteiger partial charge >= 0.3 is 143 Å². The van der Waals surface area contributed by atoms with E-state index in [-0.39, 0.29) is 60.7 Å². The summed E-state index contributed by atoms with van der Waals surface area (Å²) in [5.74, 6) is 0.139. The van der Waals surface area contributed by atoms with Crippen LogP contribution in [-0.2, 0) is 19.6 Å². The van der Waals surface area contributed by atoms with Crippen LogP contribution in [0.2, 0.25) is 0 Å². The average Bonchev–Trinajstić information content (AvgIpc) is 3.02. The van der Waals surface area contributed by atoms with Crippen LogP contribution >= 0.6 is 22.6 Å². The van der Waals surface area contributed by atoms with Gasteiger partial charge in [-0.05, 0) is 0 Å². The van der Waals surface area contributed by atoms with Crippen LogP contribution in [0.5, 0.6) is 0 Å². The predicted molar refractivity (Wildman–Crippen MR) is 75.1 cm³/mol. The normalized spacial score (nSPS) is 50.3. The SMILES string of the molecule is CC(I)(C(=O)OC1C2CC3C1NS(=O)(=O)C3C2)C1N[I-]1. The van der Waals surface area contributed by atoms with Gasteiger partial charge in [0.05, 0.1) is 0 Å². The van der Waals surface area contributed by atoms with Crippen molar-refractivity contribution < 1.29 is 39.4 Å². The minimum atomic E-state index is -3.19. The Labute approximate surface area is 142 Å². The van der Waals surface area contributed by atoms with E-state index in [4.69, 9.17) is 4.74 Å². The number of carbonyl (C=O) groups is 1. The molecular weight excluding hydrogens is 510 g/mol. The molecule has 9 heteroatoms. The summed E-state index contributed by atoms with van der Waals surface area (Å²) in [5, 5.41) is -0.255. The van der Waals surface area contributed by atoms with Gasteiger partial charge < -0.3 is 0 Å². The third kappa shape index (κ3) is 1.98. The molecule has 2 aliphatic carbocycles. The molecule has 20 heavy (non-hydrogen) atoms. The van der Waals surface area contributed by atoms with Crippen molar-refractivity contribution in [2.24, 2.45) is 11.8 Å². The van der Waals surface area contributed by atoms with Crippen molar-refractivity contribution in [3.05, 3.63) is 0 Å². The first-order valence-corrected chi connectivity index (χ1v) is 11.5. The van der Waals surface area contributed by atoms with E-state index in [0.29, 0.717) is 6.42 Å². The molecule has 7 atom stereocenters. The molecule has 2 heterocycles. The zero-order valence-electron chi connectivity index (χ0n) is 10.7. The maximum absolute atomic E-state index is 12.4. The predicted octanol–water partition coefficient (Wildman–Crippen LogP) is -3.26. The zero-order valence-corrected chi connectivity index (χ0v) is 15.8. The van der Waals surface area contributed by atoms with Crippen LogP contribution in [0.1, 0.15) is 19.8 Å². The molecule has 2 N–H and O–H groups in total. The molecule has 2 bridgehead atoms. The third-order valence-electron chi connectivity index (χ3n) is 4.90. The summed E-state index contributed by atoms with van der Waals surface area (Å²) < 4.78 is 35.4. The molecule has 0 aromatic carbocycles. The van der Waals surface area contributed by atoms with E-state index in [1.165, 1.54) is 0 Å². The quantitative estimate of drug-likeness (QED) is 0.101. The molecule has 0 aromatic rings. The van der Waals surface area contributed by atoms with E-state index in [0.717, 1.165) is 6.42 Å². The number of ether oxygens (including phenoxy) is 1. The molecule has 0 amide bonds. The van der Waals surface area contributed by atoms with Crippen LogP contribution < -0.4 is 29.7 Å². The number of fused-ring (bicyclic) bond motifs is 1. The van der Waals surface area contributed by atoms with E-state index in [1.54, 1.807) is 0 Å². The van der Waals surface area contributed by atoms with Gasteiger partial charge in [0, 0.05) is 0 Å². The Kier molecular flexibility index (Phi) is 3.18. The number of halogens is 2. The molecule has 2 saturated heterocycles. The summed E-state index contributed by atoms with van der Waals surface area (Å²) >= 11 is 2.09. The van der Waals surface area contributed by atoms with Gasteiger partial charge in [-0.25, -0.2) is 0 Å². The average molecular weight is 525 g/mol. The van der Waals surface area contributed by atoms with Gasteiger partial charge in [0.25, 0.3) is 0 Å². The van der Waals surface area contributed by atoms with Gasteiger partial charge in [-0.15, -0.1) is 0 Å². The molecule has 4 aliphatic rings. The minimum absolute atomic E-state index is 0.0672. The van der Waals surface area contributed by atoms with Crippen LogP contribution in [0.25, 0.3) is 0 Å². The zero-order chi connectivity index (χ0) is 14.3. The number of esters is 1. The number of hydrogen-bond donors (Lipinski definition) is 2. The van der Waals surface area contributed by atoms with E-state index < -0.39 is 13.4 Å². The number of sulfonamides is 1. The maximum atomic E-state index is 12.4. The molecule has 0 radical (unpaired) electrons. The summed E-state index contributed by atoms with van der Waals surface area (Å²) in [5.41, 5.74) is 0. The van der Waals surface area contributed by atoms with Crippen molar-refractivity contribution in [1.82, 2.24) is 8.25 Å². The Balaban J connectivity index is 1.53. The summed E-state index contributed by atoms with van der Waals surface area (Å²) in [6.45, 7) is 1.90. The molecule has 2 saturated carbocycles. The van der Waals surface area contributed by atoms with Crippen molar-refractivity contribution in [1.29, 1.82) is 0 Å². The van der Waals surface area contributed by atoms with Crippen LogP contribution in [-0.4, -0.2) is 39.3 Å². The summed E-state index contributed by atoms with van der Waals surface area (Å²) in [6, 6.07) is -0.193. The number of hydrogen-bond acceptors (Lipinski definition) is 5. The van der Waals surface area contributed by atoms with E-state index in [1.807, 2.05) is 6.92 Å². The Morgan fingerprint density at radius 3 is 2.80 bits per heavy atom. The van der Waals surface area contributed by atoms with Crippen LogP contribution in [0.3, 0.4) is 0 Å². The van der Waals surface area contributed by atoms with Crippen molar-refractivity contribution in [2.45, 2.75) is 44.6 Å². The first-order chi connectivity index (χ1) is 9.30. The van der Waals surface area contributed by atoms with Gasteiger partial charge in [0.15, 0.2) is 0 Å². The van der Waals surface area contributed by atoms with Gasteiger partial charge in [-0.3, -0.25) is 0 Å². The van der Waals surface area contributed by atoms with Crippen molar-refractivity contribution in [3.8, 4) is 0 Å². The second-order valence-corrected chi connectivity index (χ2v) is 12.8. The molecule has 0 spiro atoms. The molecule has 114 valence electrons. The monoisotopic (exact) mass is 525 g/mol. The first kappa shape index (κ1) is 14.4. The number of rotatable bonds is 3. The molecule has 2 aliphatic heterocycles. The second kappa shape index (κ2) is 4.42. The van der Waals surface area contributed by atoms with Crippen molar-refractivity contribution in [2.75, 3.05) is 0 Å². The van der Waals surface area contributed by atoms with Crippen molar-refractivity contribution >= 4 is 38.6 Å². The number of nitrogens with one attached hydrogen (secondary N) is 2. The fourth-order valence-electron chi connectivity index (χ4n) is 3.79. The Morgan fingerprint density at radius 1 is 1.45 bits per heavy atom. The molecular formula is C11H15I2N2O4S-. The van der Waals surface area contributed by atoms with Gasteiger partial charge in [-0.2, -0.15) is 0 Å². The second-order valence-electron chi connectivity index (χ2n) is 6.15. The topological polar surface area (TPSA) is 94.4 Å². The molecule has 7 unspecified atom stereocenters. The Morgan fingerprint density at radius 2 is 2.15 bits per heavy atom. The summed E-state index contributed by atoms with van der Waals surface area (Å²) in [7, 11) is -3.19. The third-order valence-corrected chi connectivity index (χ3v) is 11.6. The Bertz CT molecular complexity index is 577. The fraction of sp³-hybridized carbons (Fsp3) is 0.909. The standard InChI is InChI=1S/C11H15I2N2O4S/c1-11(12,9-13-14-9)10(16)19-8-4-2-5-6(3-4)20(17,18)15-7(5)8/h4-9,14-15H,2-3H2,1H3/q-1. The van der Waals surface area contributed by atoms with Gasteiger partial charge in [0.1, 0.15) is 0 Å². The van der Waals surface area contributed by atoms with Gasteiger partial charge in [-0.1, -0.05) is 0 Å². The molecule has 0 aromatic heterocycles. The molecule has 4 fully saturated rings. The van der Waals surface area contributed by atoms with E-state index in [9.17, 15) is 13.2 Å². The van der Waals surface area contributed by atoms with Crippen LogP contribution in [0, 0.1) is 11.8 Å². The number of carbonyl (C=O) groups excluding carboxylic acids is 1. The van der Waals surface area contributed by atoms with E-state index >= 15 is 0 Å². The fourth-order valence-corrected chi connectivity index (χ4v) is 9.20. The van der Waals surface area contributed by atoms with Crippen LogP contribution in [0.15, 0.2) is 0 Å². The first-order valence-electron chi connectivity index (χ1n) is 6.60. The summed E-state index contributed by atoms with van der Waals surface area (Å²) in [4.78, 5) is 12.4. The van der Waals surface area contributed by atoms with E-state index in [2.05, 4.69) is 30.8 Å². The molecule has 4 rings (SSSR count). The van der Waals surface area contributed by atoms with Crippen LogP contribution in [0.4, 0.5) is 0 Å². The number of alkyl halides is 2.